The molecule has 1 aliphatic carbocycles. The lowest BCUT2D eigenvalue weighted by Crippen LogP contribution is -2.54. The molecule has 2 aliphatic rings. The van der Waals surface area contributed by atoms with Crippen molar-refractivity contribution in [3.8, 4) is 0 Å². The van der Waals surface area contributed by atoms with Gasteiger partial charge in [-0.2, -0.15) is 0 Å². The molecule has 5 nitrogen and oxygen atoms in total. The van der Waals surface area contributed by atoms with Gasteiger partial charge in [-0.3, -0.25) is 4.79 Å². The predicted molar refractivity (Wildman–Crippen MR) is 82.3 cm³/mol. The van der Waals surface area contributed by atoms with Crippen LogP contribution in [0, 0.1) is 0 Å². The molecule has 1 amide bonds. The number of amides is 1. The molecule has 0 bridgehead atoms. The van der Waals surface area contributed by atoms with Crippen molar-refractivity contribution >= 4 is 11.6 Å². The van der Waals surface area contributed by atoms with E-state index in [9.17, 15) is 4.79 Å². The topological polar surface area (TPSA) is 53.6 Å². The SMILES string of the molecule is CNCc1ccc(N2CCOCC2C(=O)NC2CC2)cc1. The number of morpholine rings is 1. The van der Waals surface area contributed by atoms with Gasteiger partial charge in [0.25, 0.3) is 0 Å². The van der Waals surface area contributed by atoms with Crippen LogP contribution in [0.5, 0.6) is 0 Å². The second-order valence-electron chi connectivity index (χ2n) is 5.76. The minimum Gasteiger partial charge on any atom is -0.377 e. The highest BCUT2D eigenvalue weighted by molar-refractivity contribution is 5.86. The molecule has 1 saturated carbocycles. The molecule has 0 aromatic heterocycles. The second kappa shape index (κ2) is 6.45. The Morgan fingerprint density at radius 2 is 2.10 bits per heavy atom. The second-order valence-corrected chi connectivity index (χ2v) is 5.76. The summed E-state index contributed by atoms with van der Waals surface area (Å²) in [6.45, 7) is 2.76. The number of anilines is 1. The summed E-state index contributed by atoms with van der Waals surface area (Å²) in [4.78, 5) is 14.5. The maximum atomic E-state index is 12.4. The molecule has 3 rings (SSSR count). The zero-order valence-electron chi connectivity index (χ0n) is 12.5. The van der Waals surface area contributed by atoms with Crippen molar-refractivity contribution in [3.63, 3.8) is 0 Å². The molecule has 1 aliphatic heterocycles. The minimum absolute atomic E-state index is 0.0940. The lowest BCUT2D eigenvalue weighted by atomic mass is 10.1. The van der Waals surface area contributed by atoms with Gasteiger partial charge in [0.15, 0.2) is 0 Å². The number of nitrogens with zero attached hydrogens (tertiary/aromatic N) is 1. The van der Waals surface area contributed by atoms with E-state index in [0.717, 1.165) is 31.6 Å². The van der Waals surface area contributed by atoms with Gasteiger partial charge in [0.1, 0.15) is 6.04 Å². The van der Waals surface area contributed by atoms with E-state index in [2.05, 4.69) is 39.8 Å². The lowest BCUT2D eigenvalue weighted by Gasteiger charge is -2.36. The molecule has 1 heterocycles. The van der Waals surface area contributed by atoms with E-state index in [-0.39, 0.29) is 11.9 Å². The number of carbonyl (C=O) groups is 1. The van der Waals surface area contributed by atoms with Crippen LogP contribution in [0.25, 0.3) is 0 Å². The third kappa shape index (κ3) is 3.54. The van der Waals surface area contributed by atoms with Gasteiger partial charge in [-0.25, -0.2) is 0 Å². The monoisotopic (exact) mass is 289 g/mol. The molecule has 2 fully saturated rings. The summed E-state index contributed by atoms with van der Waals surface area (Å²) in [6.07, 6.45) is 2.22. The first-order chi connectivity index (χ1) is 10.3. The van der Waals surface area contributed by atoms with Crippen molar-refractivity contribution in [2.24, 2.45) is 0 Å². The fourth-order valence-corrected chi connectivity index (χ4v) is 2.66. The fraction of sp³-hybridized carbons (Fsp3) is 0.562. The van der Waals surface area contributed by atoms with Crippen molar-refractivity contribution in [1.82, 2.24) is 10.6 Å². The number of ether oxygens (including phenoxy) is 1. The van der Waals surface area contributed by atoms with Crippen LogP contribution in [0.2, 0.25) is 0 Å². The standard InChI is InChI=1S/C16H23N3O2/c1-17-10-12-2-6-14(7-3-12)19-8-9-21-11-15(19)16(20)18-13-4-5-13/h2-3,6-7,13,15,17H,4-5,8-11H2,1H3,(H,18,20). The van der Waals surface area contributed by atoms with Gasteiger partial charge in [-0.05, 0) is 37.6 Å². The van der Waals surface area contributed by atoms with Crippen LogP contribution in [0.1, 0.15) is 18.4 Å². The van der Waals surface area contributed by atoms with Crippen LogP contribution in [0.3, 0.4) is 0 Å². The van der Waals surface area contributed by atoms with Gasteiger partial charge in [-0.15, -0.1) is 0 Å². The van der Waals surface area contributed by atoms with Gasteiger partial charge in [0.2, 0.25) is 5.91 Å². The summed E-state index contributed by atoms with van der Waals surface area (Å²) in [5, 5.41) is 6.23. The van der Waals surface area contributed by atoms with Crippen molar-refractivity contribution < 1.29 is 9.53 Å². The Morgan fingerprint density at radius 3 is 2.76 bits per heavy atom. The van der Waals surface area contributed by atoms with E-state index in [1.165, 1.54) is 5.56 Å². The normalized spacial score (nSPS) is 22.1. The summed E-state index contributed by atoms with van der Waals surface area (Å²) < 4.78 is 5.51. The Labute approximate surface area is 125 Å². The van der Waals surface area contributed by atoms with Crippen LogP contribution >= 0.6 is 0 Å². The molecule has 0 spiro atoms. The Balaban J connectivity index is 1.71. The van der Waals surface area contributed by atoms with Gasteiger partial charge in [0, 0.05) is 24.8 Å². The smallest absolute Gasteiger partial charge is 0.245 e. The molecule has 1 aromatic rings. The number of nitrogens with one attached hydrogen (secondary N) is 2. The predicted octanol–water partition coefficient (Wildman–Crippen LogP) is 0.890. The fourth-order valence-electron chi connectivity index (χ4n) is 2.66. The third-order valence-electron chi connectivity index (χ3n) is 4.00. The largest absolute Gasteiger partial charge is 0.377 e. The highest BCUT2D eigenvalue weighted by Crippen LogP contribution is 2.23. The molecule has 1 unspecified atom stereocenters. The quantitative estimate of drug-likeness (QED) is 0.845. The Bertz CT molecular complexity index is 485. The van der Waals surface area contributed by atoms with E-state index >= 15 is 0 Å². The summed E-state index contributed by atoms with van der Waals surface area (Å²) in [5.41, 5.74) is 2.34. The van der Waals surface area contributed by atoms with Crippen molar-refractivity contribution in [3.05, 3.63) is 29.8 Å². The number of benzene rings is 1. The number of carbonyl (C=O) groups excluding carboxylic acids is 1. The van der Waals surface area contributed by atoms with E-state index in [4.69, 9.17) is 4.74 Å². The molecule has 21 heavy (non-hydrogen) atoms. The minimum atomic E-state index is -0.213. The summed E-state index contributed by atoms with van der Waals surface area (Å²) in [7, 11) is 1.94. The first kappa shape index (κ1) is 14.4. The molecule has 1 atom stereocenters. The van der Waals surface area contributed by atoms with E-state index in [1.54, 1.807) is 0 Å². The van der Waals surface area contributed by atoms with Crippen LogP contribution in [-0.4, -0.2) is 44.8 Å². The van der Waals surface area contributed by atoms with Crippen LogP contribution in [-0.2, 0) is 16.1 Å². The maximum absolute atomic E-state index is 12.4. The van der Waals surface area contributed by atoms with Crippen LogP contribution in [0.4, 0.5) is 5.69 Å². The number of hydrogen-bond donors (Lipinski definition) is 2. The highest BCUT2D eigenvalue weighted by Gasteiger charge is 2.33. The first-order valence-electron chi connectivity index (χ1n) is 7.66. The number of rotatable bonds is 5. The summed E-state index contributed by atoms with van der Waals surface area (Å²) in [6, 6.07) is 8.58. The maximum Gasteiger partial charge on any atom is 0.245 e. The Hall–Kier alpha value is -1.59. The average Bonchev–Trinajstić information content (AvgIpc) is 3.32. The van der Waals surface area contributed by atoms with E-state index < -0.39 is 0 Å². The molecule has 2 N–H and O–H groups in total. The van der Waals surface area contributed by atoms with Crippen LogP contribution < -0.4 is 15.5 Å². The van der Waals surface area contributed by atoms with E-state index in [1.807, 2.05) is 7.05 Å². The molecule has 1 aromatic carbocycles. The molecular formula is C16H23N3O2. The first-order valence-corrected chi connectivity index (χ1v) is 7.66. The average molecular weight is 289 g/mol. The zero-order valence-corrected chi connectivity index (χ0v) is 12.5. The summed E-state index contributed by atoms with van der Waals surface area (Å²) >= 11 is 0. The van der Waals surface area contributed by atoms with Gasteiger partial charge < -0.3 is 20.3 Å². The van der Waals surface area contributed by atoms with Gasteiger partial charge in [0.05, 0.1) is 13.2 Å². The number of hydrogen-bond acceptors (Lipinski definition) is 4. The van der Waals surface area contributed by atoms with Crippen molar-refractivity contribution in [2.75, 3.05) is 31.7 Å². The van der Waals surface area contributed by atoms with Crippen molar-refractivity contribution in [2.45, 2.75) is 31.5 Å². The summed E-state index contributed by atoms with van der Waals surface area (Å²) in [5.74, 6) is 0.0940. The molecular weight excluding hydrogens is 266 g/mol. The van der Waals surface area contributed by atoms with Gasteiger partial charge >= 0.3 is 0 Å². The third-order valence-corrected chi connectivity index (χ3v) is 4.00. The zero-order chi connectivity index (χ0) is 14.7. The Morgan fingerprint density at radius 1 is 1.33 bits per heavy atom. The molecule has 1 saturated heterocycles. The van der Waals surface area contributed by atoms with Gasteiger partial charge in [-0.1, -0.05) is 12.1 Å². The Kier molecular flexibility index (Phi) is 4.41. The molecule has 0 radical (unpaired) electrons. The molecule has 114 valence electrons. The van der Waals surface area contributed by atoms with Crippen LogP contribution in [0.15, 0.2) is 24.3 Å². The molecule has 5 heteroatoms. The van der Waals surface area contributed by atoms with E-state index in [0.29, 0.717) is 19.3 Å². The highest BCUT2D eigenvalue weighted by atomic mass is 16.5. The van der Waals surface area contributed by atoms with Crippen molar-refractivity contribution in [1.29, 1.82) is 0 Å². The lowest BCUT2D eigenvalue weighted by molar-refractivity contribution is -0.124.